The van der Waals surface area contributed by atoms with Crippen LogP contribution in [0.15, 0.2) is 54.6 Å². The van der Waals surface area contributed by atoms with Gasteiger partial charge in [0.2, 0.25) is 0 Å². The second-order valence-corrected chi connectivity index (χ2v) is 10.1. The Morgan fingerprint density at radius 2 is 1.55 bits per heavy atom. The summed E-state index contributed by atoms with van der Waals surface area (Å²) in [5, 5.41) is 4.44. The third-order valence-electron chi connectivity index (χ3n) is 7.02. The quantitative estimate of drug-likeness (QED) is 0.460. The van der Waals surface area contributed by atoms with Gasteiger partial charge in [0, 0.05) is 47.5 Å². The fourth-order valence-corrected chi connectivity index (χ4v) is 5.99. The highest BCUT2D eigenvalue weighted by molar-refractivity contribution is 6.40. The van der Waals surface area contributed by atoms with E-state index in [0.717, 1.165) is 41.2 Å². The number of hydrogen-bond acceptors (Lipinski definition) is 3. The van der Waals surface area contributed by atoms with Crippen LogP contribution in [0.5, 0.6) is 0 Å². The number of nitrogens with one attached hydrogen (secondary N) is 1. The lowest BCUT2D eigenvalue weighted by Gasteiger charge is -2.34. The Hall–Kier alpha value is -2.44. The summed E-state index contributed by atoms with van der Waals surface area (Å²) in [7, 11) is 0. The molecule has 2 amide bonds. The molecule has 1 saturated heterocycles. The fourth-order valence-electron chi connectivity index (χ4n) is 5.19. The lowest BCUT2D eigenvalue weighted by Crippen LogP contribution is -2.42. The Labute approximate surface area is 207 Å². The molecule has 1 aliphatic carbocycles. The molecule has 1 saturated carbocycles. The fraction of sp³-hybridized carbons (Fsp3) is 0.240. The second kappa shape index (κ2) is 7.81. The van der Waals surface area contributed by atoms with Crippen LogP contribution in [0.3, 0.4) is 0 Å². The first kappa shape index (κ1) is 21.1. The number of piperidine rings is 1. The molecule has 8 heteroatoms. The number of rotatable bonds is 3. The van der Waals surface area contributed by atoms with Crippen LogP contribution in [0.4, 0.5) is 21.9 Å². The van der Waals surface area contributed by atoms with Gasteiger partial charge in [-0.15, -0.1) is 0 Å². The van der Waals surface area contributed by atoms with Crippen LogP contribution in [0.1, 0.15) is 5.56 Å². The van der Waals surface area contributed by atoms with Crippen LogP contribution in [0.25, 0.3) is 11.1 Å². The minimum atomic E-state index is -0.272. The zero-order chi connectivity index (χ0) is 22.9. The molecule has 2 heterocycles. The first-order valence-corrected chi connectivity index (χ1v) is 12.0. The lowest BCUT2D eigenvalue weighted by molar-refractivity contribution is 0.247. The summed E-state index contributed by atoms with van der Waals surface area (Å²) in [6, 6.07) is 17.2. The van der Waals surface area contributed by atoms with Crippen molar-refractivity contribution in [3.8, 4) is 11.1 Å². The minimum Gasteiger partial charge on any atom is -0.371 e. The van der Waals surface area contributed by atoms with Crippen molar-refractivity contribution >= 4 is 57.9 Å². The van der Waals surface area contributed by atoms with E-state index < -0.39 is 0 Å². The molecule has 3 aromatic rings. The van der Waals surface area contributed by atoms with E-state index in [9.17, 15) is 4.79 Å². The van der Waals surface area contributed by atoms with Gasteiger partial charge in [0.05, 0.1) is 21.4 Å². The van der Waals surface area contributed by atoms with Crippen molar-refractivity contribution in [2.75, 3.05) is 22.9 Å². The smallest absolute Gasteiger partial charge is 0.326 e. The number of hydrogen-bond donors (Lipinski definition) is 2. The van der Waals surface area contributed by atoms with E-state index in [4.69, 9.17) is 40.5 Å². The largest absolute Gasteiger partial charge is 0.371 e. The van der Waals surface area contributed by atoms with Crippen LogP contribution >= 0.6 is 34.8 Å². The highest BCUT2D eigenvalue weighted by Gasteiger charge is 2.53. The predicted molar refractivity (Wildman–Crippen MR) is 135 cm³/mol. The van der Waals surface area contributed by atoms with Crippen molar-refractivity contribution in [3.63, 3.8) is 0 Å². The van der Waals surface area contributed by atoms with Gasteiger partial charge in [0.15, 0.2) is 0 Å². The molecule has 0 spiro atoms. The van der Waals surface area contributed by atoms with E-state index in [1.807, 2.05) is 24.3 Å². The molecule has 2 fully saturated rings. The predicted octanol–water partition coefficient (Wildman–Crippen LogP) is 6.07. The Balaban J connectivity index is 1.57. The summed E-state index contributed by atoms with van der Waals surface area (Å²) in [6.45, 7) is 2.20. The Bertz CT molecular complexity index is 1260. The molecule has 2 aliphatic heterocycles. The topological polar surface area (TPSA) is 61.6 Å². The average molecular weight is 500 g/mol. The van der Waals surface area contributed by atoms with Crippen molar-refractivity contribution < 1.29 is 4.79 Å². The number of halogens is 3. The molecule has 168 valence electrons. The number of nitrogens with two attached hydrogens (primary N) is 1. The zero-order valence-corrected chi connectivity index (χ0v) is 19.8. The van der Waals surface area contributed by atoms with Gasteiger partial charge in [-0.3, -0.25) is 4.90 Å². The Morgan fingerprint density at radius 1 is 0.879 bits per heavy atom. The molecule has 2 unspecified atom stereocenters. The molecule has 0 aromatic heterocycles. The lowest BCUT2D eigenvalue weighted by atomic mass is 9.94. The van der Waals surface area contributed by atoms with E-state index >= 15 is 0 Å². The van der Waals surface area contributed by atoms with E-state index in [-0.39, 0.29) is 6.03 Å². The van der Waals surface area contributed by atoms with Crippen molar-refractivity contribution in [3.05, 3.63) is 75.2 Å². The number of fused-ring (bicyclic) bond motifs is 2. The standard InChI is InChI=1S/C25H21Cl3N4O/c26-19-5-2-1-4-14(19)15-8-13(31-11-17-18(12-31)23(17)29)9-22-16(15)10-30-25(33)32(22)24-20(27)6-3-7-21(24)28/h1-9,17-18,23H,10-12,29H2,(H,30,33). The summed E-state index contributed by atoms with van der Waals surface area (Å²) in [5.41, 5.74) is 11.3. The van der Waals surface area contributed by atoms with Crippen molar-refractivity contribution in [1.29, 1.82) is 0 Å². The number of nitrogens with zero attached hydrogens (tertiary/aromatic N) is 2. The first-order chi connectivity index (χ1) is 15.9. The van der Waals surface area contributed by atoms with E-state index in [1.165, 1.54) is 0 Å². The normalized spacial score (nSPS) is 23.3. The van der Waals surface area contributed by atoms with E-state index in [1.54, 1.807) is 23.1 Å². The van der Waals surface area contributed by atoms with Gasteiger partial charge in [-0.25, -0.2) is 4.79 Å². The molecule has 0 bridgehead atoms. The van der Waals surface area contributed by atoms with Crippen molar-refractivity contribution in [2.45, 2.75) is 12.6 Å². The number of urea groups is 1. The highest BCUT2D eigenvalue weighted by atomic mass is 35.5. The van der Waals surface area contributed by atoms with E-state index in [0.29, 0.717) is 45.2 Å². The molecule has 6 rings (SSSR count). The molecule has 3 aliphatic rings. The SMILES string of the molecule is NC1C2CN(c3cc(-c4ccccc4Cl)c4c(c3)N(c3c(Cl)cccc3Cl)C(=O)NC4)CC12. The van der Waals surface area contributed by atoms with Gasteiger partial charge < -0.3 is 16.0 Å². The third-order valence-corrected chi connectivity index (χ3v) is 7.96. The molecule has 33 heavy (non-hydrogen) atoms. The number of carbonyl (C=O) groups is 1. The summed E-state index contributed by atoms with van der Waals surface area (Å²) in [4.78, 5) is 17.1. The molecular weight excluding hydrogens is 479 g/mol. The molecule has 3 aromatic carbocycles. The number of para-hydroxylation sites is 1. The Kier molecular flexibility index (Phi) is 5.00. The summed E-state index contributed by atoms with van der Waals surface area (Å²) in [5.74, 6) is 1.06. The molecule has 5 nitrogen and oxygen atoms in total. The minimum absolute atomic E-state index is 0.272. The van der Waals surface area contributed by atoms with Crippen LogP contribution in [-0.4, -0.2) is 25.2 Å². The maximum atomic E-state index is 13.2. The maximum absolute atomic E-state index is 13.2. The van der Waals surface area contributed by atoms with Crippen LogP contribution < -0.4 is 20.9 Å². The van der Waals surface area contributed by atoms with Crippen LogP contribution in [0, 0.1) is 11.8 Å². The van der Waals surface area contributed by atoms with Gasteiger partial charge in [0.1, 0.15) is 0 Å². The highest BCUT2D eigenvalue weighted by Crippen LogP contribution is 2.49. The van der Waals surface area contributed by atoms with Crippen molar-refractivity contribution in [1.82, 2.24) is 5.32 Å². The number of carbonyl (C=O) groups excluding carboxylic acids is 1. The van der Waals surface area contributed by atoms with Gasteiger partial charge in [-0.05, 0) is 47.7 Å². The number of anilines is 3. The molecule has 2 atom stereocenters. The summed E-state index contributed by atoms with van der Waals surface area (Å²) in [6.07, 6.45) is 0. The summed E-state index contributed by atoms with van der Waals surface area (Å²) < 4.78 is 0. The number of benzene rings is 3. The monoisotopic (exact) mass is 498 g/mol. The first-order valence-electron chi connectivity index (χ1n) is 10.9. The molecule has 3 N–H and O–H groups in total. The second-order valence-electron chi connectivity index (χ2n) is 8.85. The van der Waals surface area contributed by atoms with Crippen LogP contribution in [0.2, 0.25) is 15.1 Å². The molecular formula is C25H21Cl3N4O. The van der Waals surface area contributed by atoms with Gasteiger partial charge in [-0.1, -0.05) is 59.1 Å². The average Bonchev–Trinajstić information content (AvgIpc) is 3.19. The third kappa shape index (κ3) is 3.38. The molecule has 0 radical (unpaired) electrons. The van der Waals surface area contributed by atoms with Crippen molar-refractivity contribution in [2.24, 2.45) is 17.6 Å². The number of amides is 2. The zero-order valence-electron chi connectivity index (χ0n) is 17.6. The van der Waals surface area contributed by atoms with Gasteiger partial charge >= 0.3 is 6.03 Å². The Morgan fingerprint density at radius 3 is 2.24 bits per heavy atom. The van der Waals surface area contributed by atoms with Gasteiger partial charge in [-0.2, -0.15) is 0 Å². The summed E-state index contributed by atoms with van der Waals surface area (Å²) >= 11 is 19.7. The van der Waals surface area contributed by atoms with Gasteiger partial charge in [0.25, 0.3) is 0 Å². The van der Waals surface area contributed by atoms with Crippen LogP contribution in [-0.2, 0) is 6.54 Å². The maximum Gasteiger partial charge on any atom is 0.326 e. The van der Waals surface area contributed by atoms with E-state index in [2.05, 4.69) is 22.3 Å².